The van der Waals surface area contributed by atoms with Crippen LogP contribution in [-0.4, -0.2) is 66.3 Å². The second-order valence-corrected chi connectivity index (χ2v) is 8.27. The number of methoxy groups -OCH3 is 2. The van der Waals surface area contributed by atoms with E-state index in [4.69, 9.17) is 9.47 Å². The lowest BCUT2D eigenvalue weighted by Crippen LogP contribution is -2.55. The molecule has 0 aliphatic carbocycles. The maximum Gasteiger partial charge on any atom is 0.407 e. The summed E-state index contributed by atoms with van der Waals surface area (Å²) in [7, 11) is 3.26. The van der Waals surface area contributed by atoms with Gasteiger partial charge in [0.1, 0.15) is 23.2 Å². The van der Waals surface area contributed by atoms with Crippen LogP contribution in [0.1, 0.15) is 30.1 Å². The van der Waals surface area contributed by atoms with Crippen molar-refractivity contribution < 1.29 is 24.2 Å². The summed E-state index contributed by atoms with van der Waals surface area (Å²) in [6.45, 7) is 1.24. The second-order valence-electron chi connectivity index (χ2n) is 8.27. The van der Waals surface area contributed by atoms with Crippen LogP contribution in [0.2, 0.25) is 0 Å². The molecule has 1 atom stereocenters. The molecule has 2 aromatic rings. The number of nitrogens with zero attached hydrogens (tertiary/aromatic N) is 2. The van der Waals surface area contributed by atoms with E-state index in [1.54, 1.807) is 14.2 Å². The summed E-state index contributed by atoms with van der Waals surface area (Å²) in [5.41, 5.74) is 1.36. The van der Waals surface area contributed by atoms with E-state index in [2.05, 4.69) is 5.32 Å². The van der Waals surface area contributed by atoms with Crippen molar-refractivity contribution in [3.05, 3.63) is 59.7 Å². The Morgan fingerprint density at radius 1 is 1.03 bits per heavy atom. The van der Waals surface area contributed by atoms with Crippen LogP contribution in [0.15, 0.2) is 48.5 Å². The van der Waals surface area contributed by atoms with Gasteiger partial charge in [-0.05, 0) is 54.7 Å². The molecule has 170 valence electrons. The smallest absolute Gasteiger partial charge is 0.407 e. The number of piperidine rings is 1. The summed E-state index contributed by atoms with van der Waals surface area (Å²) in [4.78, 5) is 28.3. The lowest BCUT2D eigenvalue weighted by atomic mass is 9.87. The minimum Gasteiger partial charge on any atom is -0.497 e. The number of nitrogens with one attached hydrogen (secondary N) is 1. The van der Waals surface area contributed by atoms with Crippen molar-refractivity contribution in [2.45, 2.75) is 31.0 Å². The molecule has 0 radical (unpaired) electrons. The predicted molar refractivity (Wildman–Crippen MR) is 119 cm³/mol. The van der Waals surface area contributed by atoms with Gasteiger partial charge < -0.3 is 24.4 Å². The van der Waals surface area contributed by atoms with Crippen LogP contribution in [0.25, 0.3) is 0 Å². The molecular formula is C24H29N3O5. The Morgan fingerprint density at radius 3 is 2.12 bits per heavy atom. The van der Waals surface area contributed by atoms with Crippen molar-refractivity contribution in [3.8, 4) is 11.5 Å². The normalized spacial score (nSPS) is 19.9. The first-order valence-electron chi connectivity index (χ1n) is 10.8. The number of carbonyl (C=O) groups is 2. The molecule has 2 saturated heterocycles. The van der Waals surface area contributed by atoms with Gasteiger partial charge in [-0.1, -0.05) is 24.3 Å². The fourth-order valence-corrected chi connectivity index (χ4v) is 4.55. The summed E-state index contributed by atoms with van der Waals surface area (Å²) in [5, 5.41) is 12.9. The van der Waals surface area contributed by atoms with Gasteiger partial charge in [-0.25, -0.2) is 4.79 Å². The van der Waals surface area contributed by atoms with Gasteiger partial charge in [0.2, 0.25) is 5.91 Å². The van der Waals surface area contributed by atoms with Gasteiger partial charge in [0, 0.05) is 19.6 Å². The molecule has 0 saturated carbocycles. The Hall–Kier alpha value is -3.26. The van der Waals surface area contributed by atoms with Crippen molar-refractivity contribution >= 4 is 12.0 Å². The maximum absolute atomic E-state index is 13.6. The van der Waals surface area contributed by atoms with Gasteiger partial charge in [0.25, 0.3) is 0 Å². The van der Waals surface area contributed by atoms with Crippen LogP contribution in [0.5, 0.6) is 11.5 Å². The Labute approximate surface area is 187 Å². The number of rotatable bonds is 6. The SMILES string of the molecule is COc1ccc(CCN2C(=O)C3(CCN(C(=O)O)CC3)NC2c2ccc(OC)cc2)cc1. The molecule has 8 heteroatoms. The first kappa shape index (κ1) is 22.0. The fourth-order valence-electron chi connectivity index (χ4n) is 4.55. The zero-order valence-corrected chi connectivity index (χ0v) is 18.4. The van der Waals surface area contributed by atoms with E-state index in [1.165, 1.54) is 4.90 Å². The van der Waals surface area contributed by atoms with Gasteiger partial charge in [-0.3, -0.25) is 10.1 Å². The molecule has 2 aromatic carbocycles. The minimum atomic E-state index is -0.937. The van der Waals surface area contributed by atoms with E-state index < -0.39 is 11.6 Å². The number of ether oxygens (including phenoxy) is 2. The van der Waals surface area contributed by atoms with Crippen LogP contribution in [0.4, 0.5) is 4.79 Å². The topological polar surface area (TPSA) is 91.3 Å². The Kier molecular flexibility index (Phi) is 6.23. The van der Waals surface area contributed by atoms with Crippen LogP contribution >= 0.6 is 0 Å². The van der Waals surface area contributed by atoms with E-state index in [0.717, 1.165) is 22.6 Å². The molecule has 2 aliphatic heterocycles. The molecule has 2 fully saturated rings. The summed E-state index contributed by atoms with van der Waals surface area (Å²) in [6.07, 6.45) is 0.422. The third kappa shape index (κ3) is 4.23. The van der Waals surface area contributed by atoms with E-state index in [-0.39, 0.29) is 12.1 Å². The van der Waals surface area contributed by atoms with Crippen molar-refractivity contribution in [2.24, 2.45) is 0 Å². The van der Waals surface area contributed by atoms with Crippen molar-refractivity contribution in [1.82, 2.24) is 15.1 Å². The van der Waals surface area contributed by atoms with Gasteiger partial charge in [0.05, 0.1) is 14.2 Å². The van der Waals surface area contributed by atoms with Gasteiger partial charge >= 0.3 is 6.09 Å². The quantitative estimate of drug-likeness (QED) is 0.719. The van der Waals surface area contributed by atoms with Crippen LogP contribution in [0.3, 0.4) is 0 Å². The highest BCUT2D eigenvalue weighted by Gasteiger charge is 2.52. The second kappa shape index (κ2) is 9.08. The van der Waals surface area contributed by atoms with Crippen molar-refractivity contribution in [2.75, 3.05) is 33.9 Å². The maximum atomic E-state index is 13.6. The molecule has 2 amide bonds. The fraction of sp³-hybridized carbons (Fsp3) is 0.417. The first-order valence-corrected chi connectivity index (χ1v) is 10.8. The van der Waals surface area contributed by atoms with Gasteiger partial charge in [0.15, 0.2) is 0 Å². The predicted octanol–water partition coefficient (Wildman–Crippen LogP) is 2.89. The number of likely N-dealkylation sites (tertiary alicyclic amines) is 1. The molecular weight excluding hydrogens is 410 g/mol. The number of carboxylic acid groups (broad SMARTS) is 1. The zero-order valence-electron chi connectivity index (χ0n) is 18.4. The third-order valence-corrected chi connectivity index (χ3v) is 6.51. The average molecular weight is 440 g/mol. The molecule has 2 N–H and O–H groups in total. The summed E-state index contributed by atoms with van der Waals surface area (Å²) < 4.78 is 10.5. The Balaban J connectivity index is 1.56. The van der Waals surface area contributed by atoms with Crippen LogP contribution in [0, 0.1) is 0 Å². The number of carbonyl (C=O) groups excluding carboxylic acids is 1. The number of hydrogen-bond acceptors (Lipinski definition) is 5. The van der Waals surface area contributed by atoms with E-state index in [1.807, 2.05) is 53.4 Å². The number of amides is 2. The van der Waals surface area contributed by atoms with Gasteiger partial charge in [-0.2, -0.15) is 0 Å². The first-order chi connectivity index (χ1) is 15.5. The molecule has 1 spiro atoms. The molecule has 2 heterocycles. The Bertz CT molecular complexity index is 953. The van der Waals surface area contributed by atoms with Crippen molar-refractivity contribution in [1.29, 1.82) is 0 Å². The average Bonchev–Trinajstić information content (AvgIpc) is 3.09. The molecule has 8 nitrogen and oxygen atoms in total. The van der Waals surface area contributed by atoms with Crippen LogP contribution < -0.4 is 14.8 Å². The molecule has 2 aliphatic rings. The minimum absolute atomic E-state index is 0.0388. The summed E-state index contributed by atoms with van der Waals surface area (Å²) >= 11 is 0. The summed E-state index contributed by atoms with van der Waals surface area (Å²) in [5.74, 6) is 1.59. The number of benzene rings is 2. The highest BCUT2D eigenvalue weighted by molar-refractivity contribution is 5.89. The standard InChI is InChI=1S/C24H29N3O5/c1-31-19-7-3-17(4-8-19)11-14-27-21(18-5-9-20(32-2)10-6-18)25-24(22(27)28)12-15-26(16-13-24)23(29)30/h3-10,21,25H,11-16H2,1-2H3,(H,29,30). The van der Waals surface area contributed by atoms with Crippen LogP contribution in [-0.2, 0) is 11.2 Å². The molecule has 0 bridgehead atoms. The third-order valence-electron chi connectivity index (χ3n) is 6.51. The van der Waals surface area contributed by atoms with E-state index >= 15 is 0 Å². The molecule has 32 heavy (non-hydrogen) atoms. The lowest BCUT2D eigenvalue weighted by Gasteiger charge is -2.36. The largest absolute Gasteiger partial charge is 0.497 e. The zero-order chi connectivity index (χ0) is 22.7. The lowest BCUT2D eigenvalue weighted by molar-refractivity contribution is -0.134. The summed E-state index contributed by atoms with van der Waals surface area (Å²) in [6, 6.07) is 15.6. The molecule has 4 rings (SSSR count). The molecule has 0 aromatic heterocycles. The number of hydrogen-bond donors (Lipinski definition) is 2. The van der Waals surface area contributed by atoms with E-state index in [9.17, 15) is 14.7 Å². The highest BCUT2D eigenvalue weighted by atomic mass is 16.5. The highest BCUT2D eigenvalue weighted by Crippen LogP contribution is 2.37. The van der Waals surface area contributed by atoms with Gasteiger partial charge in [-0.15, -0.1) is 0 Å². The Morgan fingerprint density at radius 2 is 1.59 bits per heavy atom. The van der Waals surface area contributed by atoms with Crippen molar-refractivity contribution in [3.63, 3.8) is 0 Å². The van der Waals surface area contributed by atoms with E-state index in [0.29, 0.717) is 38.9 Å². The molecule has 1 unspecified atom stereocenters. The monoisotopic (exact) mass is 439 g/mol.